The van der Waals surface area contributed by atoms with E-state index in [0.717, 1.165) is 39.6 Å². The predicted octanol–water partition coefficient (Wildman–Crippen LogP) is 6.67. The number of aromatic nitrogens is 2. The van der Waals surface area contributed by atoms with E-state index in [9.17, 15) is 0 Å². The molecular weight excluding hydrogens is 484 g/mol. The lowest BCUT2D eigenvalue weighted by Gasteiger charge is -2.11. The number of rotatable bonds is 8. The summed E-state index contributed by atoms with van der Waals surface area (Å²) in [6.45, 7) is 6.68. The van der Waals surface area contributed by atoms with E-state index in [1.54, 1.807) is 28.4 Å². The van der Waals surface area contributed by atoms with Crippen molar-refractivity contribution >= 4 is 22.7 Å². The molecule has 0 radical (unpaired) electrons. The van der Waals surface area contributed by atoms with Crippen LogP contribution in [-0.2, 0) is 0 Å². The number of nitrogens with zero attached hydrogens (tertiary/aromatic N) is 2. The summed E-state index contributed by atoms with van der Waals surface area (Å²) in [5.41, 5.74) is 6.20. The minimum Gasteiger partial charge on any atom is -0.497 e. The summed E-state index contributed by atoms with van der Waals surface area (Å²) in [5.74, 6) is 2.27. The van der Waals surface area contributed by atoms with Crippen molar-refractivity contribution in [2.24, 2.45) is 0 Å². The summed E-state index contributed by atoms with van der Waals surface area (Å²) in [6.07, 6.45) is 0. The Hall–Kier alpha value is -3.30. The smallest absolute Gasteiger partial charge is 0.273 e. The van der Waals surface area contributed by atoms with Crippen LogP contribution in [-0.4, -0.2) is 45.0 Å². The summed E-state index contributed by atoms with van der Waals surface area (Å²) >= 11 is 2.99. The molecule has 0 atom stereocenters. The molecule has 0 spiro atoms. The van der Waals surface area contributed by atoms with Gasteiger partial charge in [0.15, 0.2) is 11.5 Å². The van der Waals surface area contributed by atoms with Crippen molar-refractivity contribution in [3.8, 4) is 50.2 Å². The summed E-state index contributed by atoms with van der Waals surface area (Å²) in [4.78, 5) is 8.84. The third-order valence-electron chi connectivity index (χ3n) is 5.14. The quantitative estimate of drug-likeness (QED) is 0.260. The van der Waals surface area contributed by atoms with Crippen LogP contribution in [0.4, 0.5) is 0 Å². The highest BCUT2D eigenvalue weighted by Crippen LogP contribution is 2.36. The van der Waals surface area contributed by atoms with Gasteiger partial charge in [-0.25, -0.2) is 9.97 Å². The highest BCUT2D eigenvalue weighted by molar-refractivity contribution is 7.12. The second-order valence-electron chi connectivity index (χ2n) is 7.34. The van der Waals surface area contributed by atoms with E-state index in [0.29, 0.717) is 22.7 Å². The van der Waals surface area contributed by atoms with Gasteiger partial charge in [0.2, 0.25) is 0 Å². The molecular formula is C26H30N2O5S2. The van der Waals surface area contributed by atoms with Crippen LogP contribution >= 0.6 is 22.7 Å². The number of methoxy groups -OCH3 is 4. The topological polar surface area (TPSA) is 71.9 Å². The largest absolute Gasteiger partial charge is 0.497 e. The Morgan fingerprint density at radius 1 is 0.686 bits per heavy atom. The van der Waals surface area contributed by atoms with Crippen LogP contribution in [0.15, 0.2) is 41.1 Å². The number of aryl methyl sites for hydroxylation is 2. The fourth-order valence-corrected chi connectivity index (χ4v) is 4.67. The summed E-state index contributed by atoms with van der Waals surface area (Å²) < 4.78 is 26.3. The van der Waals surface area contributed by atoms with E-state index in [-0.39, 0.29) is 0 Å². The van der Waals surface area contributed by atoms with E-state index in [1.165, 1.54) is 28.2 Å². The van der Waals surface area contributed by atoms with Crippen LogP contribution < -0.4 is 23.7 Å². The molecule has 0 unspecified atom stereocenters. The Bertz CT molecular complexity index is 1250. The molecule has 0 aliphatic heterocycles. The van der Waals surface area contributed by atoms with Crippen LogP contribution in [0.5, 0.6) is 27.6 Å². The Morgan fingerprint density at radius 3 is 1.86 bits per heavy atom. The zero-order valence-corrected chi connectivity index (χ0v) is 22.6. The van der Waals surface area contributed by atoms with E-state index < -0.39 is 0 Å². The first-order chi connectivity index (χ1) is 16.9. The monoisotopic (exact) mass is 514 g/mol. The third-order valence-corrected chi connectivity index (χ3v) is 6.69. The van der Waals surface area contributed by atoms with Gasteiger partial charge in [0.05, 0.1) is 46.4 Å². The van der Waals surface area contributed by atoms with Crippen LogP contribution in [0.25, 0.3) is 22.5 Å². The molecule has 2 aromatic carbocycles. The van der Waals surface area contributed by atoms with E-state index in [1.807, 2.05) is 54.9 Å². The highest BCUT2D eigenvalue weighted by Gasteiger charge is 2.13. The lowest BCUT2D eigenvalue weighted by Crippen LogP contribution is -1.93. The standard InChI is InChI=1S/C13H15NO3S.C13H15NO2S/c1-8-5-11(15-2)12(16-3)6-9(8)10-7-18-13(14-10)17-4;1-4-16-13-14-12(8-17-13)11-7-10(15-3)6-5-9(11)2/h5-7H,1-4H3;5-8H,4H2,1-3H3. The summed E-state index contributed by atoms with van der Waals surface area (Å²) in [6, 6.07) is 9.87. The maximum Gasteiger partial charge on any atom is 0.273 e. The molecule has 9 heteroatoms. The number of thiazole rings is 2. The fraction of sp³-hybridized carbons (Fsp3) is 0.308. The molecule has 186 valence electrons. The van der Waals surface area contributed by atoms with Gasteiger partial charge in [-0.15, -0.1) is 0 Å². The first kappa shape index (κ1) is 26.3. The van der Waals surface area contributed by atoms with Crippen LogP contribution in [0.2, 0.25) is 0 Å². The van der Waals surface area contributed by atoms with Gasteiger partial charge in [0, 0.05) is 21.9 Å². The van der Waals surface area contributed by atoms with Gasteiger partial charge in [-0.05, 0) is 56.2 Å². The first-order valence-electron chi connectivity index (χ1n) is 10.9. The maximum atomic E-state index is 5.38. The molecule has 2 aromatic heterocycles. The average molecular weight is 515 g/mol. The number of hydrogen-bond acceptors (Lipinski definition) is 9. The lowest BCUT2D eigenvalue weighted by atomic mass is 10.1. The van der Waals surface area contributed by atoms with E-state index in [2.05, 4.69) is 16.9 Å². The Morgan fingerprint density at radius 2 is 1.29 bits per heavy atom. The second kappa shape index (κ2) is 12.4. The van der Waals surface area contributed by atoms with Crippen LogP contribution in [0.3, 0.4) is 0 Å². The molecule has 0 aliphatic carbocycles. The molecule has 7 nitrogen and oxygen atoms in total. The number of hydrogen-bond donors (Lipinski definition) is 0. The zero-order valence-electron chi connectivity index (χ0n) is 21.0. The highest BCUT2D eigenvalue weighted by atomic mass is 32.1. The second-order valence-corrected chi connectivity index (χ2v) is 8.98. The third kappa shape index (κ3) is 6.43. The molecule has 2 heterocycles. The van der Waals surface area contributed by atoms with Gasteiger partial charge >= 0.3 is 0 Å². The van der Waals surface area contributed by atoms with Crippen LogP contribution in [0, 0.1) is 13.8 Å². The molecule has 0 saturated carbocycles. The van der Waals surface area contributed by atoms with Gasteiger partial charge in [0.25, 0.3) is 10.4 Å². The Kier molecular flexibility index (Phi) is 9.33. The van der Waals surface area contributed by atoms with Crippen molar-refractivity contribution in [2.45, 2.75) is 20.8 Å². The average Bonchev–Trinajstić information content (AvgIpc) is 3.54. The normalized spacial score (nSPS) is 10.3. The molecule has 0 fully saturated rings. The van der Waals surface area contributed by atoms with E-state index >= 15 is 0 Å². The molecule has 0 bridgehead atoms. The van der Waals surface area contributed by atoms with Crippen molar-refractivity contribution in [3.63, 3.8) is 0 Å². The first-order valence-corrected chi connectivity index (χ1v) is 12.7. The van der Waals surface area contributed by atoms with Gasteiger partial charge in [-0.2, -0.15) is 0 Å². The molecule has 0 saturated heterocycles. The minimum atomic E-state index is 0.643. The van der Waals surface area contributed by atoms with Crippen molar-refractivity contribution in [2.75, 3.05) is 35.0 Å². The van der Waals surface area contributed by atoms with Gasteiger partial charge < -0.3 is 23.7 Å². The minimum absolute atomic E-state index is 0.643. The van der Waals surface area contributed by atoms with Gasteiger partial charge in [-0.1, -0.05) is 28.7 Å². The lowest BCUT2D eigenvalue weighted by molar-refractivity contribution is 0.338. The molecule has 4 rings (SSSR count). The molecule has 4 aromatic rings. The van der Waals surface area contributed by atoms with Gasteiger partial charge in [0.1, 0.15) is 5.75 Å². The SMILES string of the molecule is CCOc1nc(-c2cc(OC)ccc2C)cs1.COc1nc(-c2cc(OC)c(OC)cc2C)cs1. The zero-order chi connectivity index (χ0) is 25.4. The molecule has 0 amide bonds. The summed E-state index contributed by atoms with van der Waals surface area (Å²) in [5, 5.41) is 5.34. The maximum absolute atomic E-state index is 5.38. The predicted molar refractivity (Wildman–Crippen MR) is 142 cm³/mol. The fourth-order valence-electron chi connectivity index (χ4n) is 3.31. The Balaban J connectivity index is 0.000000196. The van der Waals surface area contributed by atoms with E-state index in [4.69, 9.17) is 23.7 Å². The Labute approximate surface area is 214 Å². The van der Waals surface area contributed by atoms with Gasteiger partial charge in [-0.3, -0.25) is 0 Å². The molecule has 0 aliphatic rings. The number of benzene rings is 2. The molecule has 35 heavy (non-hydrogen) atoms. The summed E-state index contributed by atoms with van der Waals surface area (Å²) in [7, 11) is 6.53. The van der Waals surface area contributed by atoms with Crippen LogP contribution in [0.1, 0.15) is 18.1 Å². The van der Waals surface area contributed by atoms with Crippen molar-refractivity contribution in [1.29, 1.82) is 0 Å². The van der Waals surface area contributed by atoms with Crippen molar-refractivity contribution < 1.29 is 23.7 Å². The molecule has 0 N–H and O–H groups in total. The van der Waals surface area contributed by atoms with Crippen molar-refractivity contribution in [1.82, 2.24) is 9.97 Å². The number of ether oxygens (including phenoxy) is 5. The van der Waals surface area contributed by atoms with Crippen molar-refractivity contribution in [3.05, 3.63) is 52.2 Å².